The van der Waals surface area contributed by atoms with Crippen molar-refractivity contribution in [2.45, 2.75) is 19.9 Å². The lowest BCUT2D eigenvalue weighted by atomic mass is 10.2. The van der Waals surface area contributed by atoms with Gasteiger partial charge in [-0.25, -0.2) is 0 Å². The monoisotopic (exact) mass is 229 g/mol. The molecule has 1 aromatic rings. The molecule has 1 heterocycles. The van der Waals surface area contributed by atoms with Gasteiger partial charge in [-0.3, -0.25) is 4.68 Å². The lowest BCUT2D eigenvalue weighted by Gasteiger charge is -2.06. The van der Waals surface area contributed by atoms with Gasteiger partial charge in [0.1, 0.15) is 5.82 Å². The normalized spacial score (nSPS) is 12.9. The van der Waals surface area contributed by atoms with E-state index in [2.05, 4.69) is 12.0 Å². The fourth-order valence-electron chi connectivity index (χ4n) is 1.17. The molecule has 3 N–H and O–H groups in total. The maximum Gasteiger partial charge on any atom is 0.145 e. The van der Waals surface area contributed by atoms with E-state index in [4.69, 9.17) is 10.8 Å². The van der Waals surface area contributed by atoms with E-state index in [1.54, 1.807) is 6.07 Å². The van der Waals surface area contributed by atoms with E-state index >= 15 is 0 Å². The van der Waals surface area contributed by atoms with Crippen LogP contribution in [0.15, 0.2) is 12.3 Å². The SMILES string of the molecule is CC(CO)CSCCCn1ccc(N)n1. The zero-order valence-electron chi connectivity index (χ0n) is 9.09. The van der Waals surface area contributed by atoms with Crippen molar-refractivity contribution >= 4 is 17.6 Å². The van der Waals surface area contributed by atoms with Crippen molar-refractivity contribution in [1.82, 2.24) is 9.78 Å². The van der Waals surface area contributed by atoms with Crippen LogP contribution in [-0.2, 0) is 6.54 Å². The molecule has 4 nitrogen and oxygen atoms in total. The number of nitrogen functional groups attached to an aromatic ring is 1. The summed E-state index contributed by atoms with van der Waals surface area (Å²) in [5, 5.41) is 12.9. The van der Waals surface area contributed by atoms with Crippen molar-refractivity contribution in [3.63, 3.8) is 0 Å². The summed E-state index contributed by atoms with van der Waals surface area (Å²) in [4.78, 5) is 0. The Bertz CT molecular complexity index is 277. The molecule has 15 heavy (non-hydrogen) atoms. The van der Waals surface area contributed by atoms with Gasteiger partial charge in [0, 0.05) is 19.3 Å². The predicted molar refractivity (Wildman–Crippen MR) is 64.8 cm³/mol. The molecule has 0 saturated heterocycles. The van der Waals surface area contributed by atoms with Crippen LogP contribution < -0.4 is 5.73 Å². The molecule has 0 aromatic carbocycles. The van der Waals surface area contributed by atoms with Crippen LogP contribution in [-0.4, -0.2) is 33.0 Å². The number of hydrogen-bond acceptors (Lipinski definition) is 4. The number of aliphatic hydroxyl groups excluding tert-OH is 1. The molecule has 0 amide bonds. The van der Waals surface area contributed by atoms with Crippen molar-refractivity contribution in [1.29, 1.82) is 0 Å². The predicted octanol–water partition coefficient (Wildman–Crippen LogP) is 1.22. The van der Waals surface area contributed by atoms with Crippen LogP contribution in [0.5, 0.6) is 0 Å². The van der Waals surface area contributed by atoms with Gasteiger partial charge in [0.2, 0.25) is 0 Å². The van der Waals surface area contributed by atoms with Gasteiger partial charge in [-0.15, -0.1) is 0 Å². The van der Waals surface area contributed by atoms with Crippen LogP contribution in [0.3, 0.4) is 0 Å². The molecule has 0 fully saturated rings. The molecule has 0 saturated carbocycles. The lowest BCUT2D eigenvalue weighted by Crippen LogP contribution is -2.05. The van der Waals surface area contributed by atoms with Crippen molar-refractivity contribution in [3.05, 3.63) is 12.3 Å². The maximum atomic E-state index is 8.83. The number of nitrogens with two attached hydrogens (primary N) is 1. The van der Waals surface area contributed by atoms with E-state index < -0.39 is 0 Å². The van der Waals surface area contributed by atoms with Gasteiger partial charge < -0.3 is 10.8 Å². The second-order valence-corrected chi connectivity index (χ2v) is 4.87. The van der Waals surface area contributed by atoms with Gasteiger partial charge in [-0.1, -0.05) is 6.92 Å². The van der Waals surface area contributed by atoms with E-state index in [0.29, 0.717) is 11.7 Å². The van der Waals surface area contributed by atoms with E-state index in [1.807, 2.05) is 22.6 Å². The number of rotatable bonds is 7. The Labute approximate surface area is 94.9 Å². The summed E-state index contributed by atoms with van der Waals surface area (Å²) in [6.07, 6.45) is 2.99. The Morgan fingerprint density at radius 1 is 1.67 bits per heavy atom. The number of anilines is 1. The first kappa shape index (κ1) is 12.4. The van der Waals surface area contributed by atoms with E-state index in [1.165, 1.54) is 0 Å². The van der Waals surface area contributed by atoms with Gasteiger partial charge in [-0.05, 0) is 29.9 Å². The number of nitrogens with zero attached hydrogens (tertiary/aromatic N) is 2. The summed E-state index contributed by atoms with van der Waals surface area (Å²) in [6, 6.07) is 1.81. The van der Waals surface area contributed by atoms with Crippen molar-refractivity contribution in [3.8, 4) is 0 Å². The first-order valence-electron chi connectivity index (χ1n) is 5.20. The third-order valence-electron chi connectivity index (χ3n) is 2.05. The van der Waals surface area contributed by atoms with Gasteiger partial charge in [0.25, 0.3) is 0 Å². The van der Waals surface area contributed by atoms with Crippen LogP contribution in [0.4, 0.5) is 5.82 Å². The Kier molecular flexibility index (Phi) is 5.57. The standard InChI is InChI=1S/C10H19N3OS/c1-9(7-14)8-15-6-2-4-13-5-3-10(11)12-13/h3,5,9,14H,2,4,6-8H2,1H3,(H2,11,12). The highest BCUT2D eigenvalue weighted by molar-refractivity contribution is 7.99. The number of hydrogen-bond donors (Lipinski definition) is 2. The second-order valence-electron chi connectivity index (χ2n) is 3.72. The molecular formula is C10H19N3OS. The van der Waals surface area contributed by atoms with Gasteiger partial charge in [0.15, 0.2) is 0 Å². The Hall–Kier alpha value is -0.680. The average molecular weight is 229 g/mol. The van der Waals surface area contributed by atoms with Crippen LogP contribution in [0, 0.1) is 5.92 Å². The second kappa shape index (κ2) is 6.74. The van der Waals surface area contributed by atoms with E-state index in [9.17, 15) is 0 Å². The summed E-state index contributed by atoms with van der Waals surface area (Å²) in [5.41, 5.74) is 5.50. The molecule has 1 atom stereocenters. The van der Waals surface area contributed by atoms with Crippen molar-refractivity contribution in [2.75, 3.05) is 23.8 Å². The molecular weight excluding hydrogens is 210 g/mol. The minimum absolute atomic E-state index is 0.280. The highest BCUT2D eigenvalue weighted by Gasteiger charge is 1.99. The number of aliphatic hydroxyl groups is 1. The molecule has 1 aromatic heterocycles. The Balaban J connectivity index is 2.02. The van der Waals surface area contributed by atoms with Crippen LogP contribution in [0.2, 0.25) is 0 Å². The summed E-state index contributed by atoms with van der Waals surface area (Å²) in [7, 11) is 0. The number of thioether (sulfide) groups is 1. The molecule has 1 rings (SSSR count). The molecule has 86 valence electrons. The summed E-state index contributed by atoms with van der Waals surface area (Å²) in [6.45, 7) is 3.25. The Morgan fingerprint density at radius 2 is 2.47 bits per heavy atom. The summed E-state index contributed by atoms with van der Waals surface area (Å²) >= 11 is 1.88. The minimum atomic E-state index is 0.280. The molecule has 0 aliphatic rings. The molecule has 0 aliphatic heterocycles. The van der Waals surface area contributed by atoms with Gasteiger partial charge >= 0.3 is 0 Å². The lowest BCUT2D eigenvalue weighted by molar-refractivity contribution is 0.250. The fraction of sp³-hybridized carbons (Fsp3) is 0.700. The fourth-order valence-corrected chi connectivity index (χ4v) is 2.18. The summed E-state index contributed by atoms with van der Waals surface area (Å²) < 4.78 is 1.87. The van der Waals surface area contributed by atoms with Crippen LogP contribution in [0.1, 0.15) is 13.3 Å². The topological polar surface area (TPSA) is 64.1 Å². The Morgan fingerprint density at radius 3 is 3.07 bits per heavy atom. The first-order valence-corrected chi connectivity index (χ1v) is 6.35. The zero-order valence-corrected chi connectivity index (χ0v) is 9.91. The quantitative estimate of drug-likeness (QED) is 0.690. The van der Waals surface area contributed by atoms with Crippen molar-refractivity contribution < 1.29 is 5.11 Å². The zero-order chi connectivity index (χ0) is 11.1. The average Bonchev–Trinajstić information content (AvgIpc) is 2.63. The maximum absolute atomic E-state index is 8.83. The van der Waals surface area contributed by atoms with Crippen LogP contribution in [0.25, 0.3) is 0 Å². The molecule has 1 unspecified atom stereocenters. The summed E-state index contributed by atoms with van der Waals surface area (Å²) in [5.74, 6) is 3.11. The largest absolute Gasteiger partial charge is 0.396 e. The van der Waals surface area contributed by atoms with E-state index in [0.717, 1.165) is 24.5 Å². The van der Waals surface area contributed by atoms with E-state index in [-0.39, 0.29) is 6.61 Å². The minimum Gasteiger partial charge on any atom is -0.396 e. The first-order chi connectivity index (χ1) is 7.22. The molecule has 5 heteroatoms. The molecule has 0 spiro atoms. The third-order valence-corrected chi connectivity index (χ3v) is 3.43. The van der Waals surface area contributed by atoms with Crippen molar-refractivity contribution in [2.24, 2.45) is 5.92 Å². The highest BCUT2D eigenvalue weighted by atomic mass is 32.2. The van der Waals surface area contributed by atoms with Crippen LogP contribution >= 0.6 is 11.8 Å². The molecule has 0 radical (unpaired) electrons. The highest BCUT2D eigenvalue weighted by Crippen LogP contribution is 2.09. The third kappa shape index (κ3) is 5.09. The number of aryl methyl sites for hydroxylation is 1. The molecule has 0 bridgehead atoms. The van der Waals surface area contributed by atoms with Gasteiger partial charge in [0.05, 0.1) is 0 Å². The number of aromatic nitrogens is 2. The smallest absolute Gasteiger partial charge is 0.145 e. The molecule has 0 aliphatic carbocycles. The van der Waals surface area contributed by atoms with Gasteiger partial charge in [-0.2, -0.15) is 16.9 Å².